The number of urea groups is 1. The normalized spacial score (nSPS) is 18.5. The van der Waals surface area contributed by atoms with Gasteiger partial charge in [-0.15, -0.1) is 0 Å². The molecule has 0 spiro atoms. The van der Waals surface area contributed by atoms with E-state index < -0.39 is 0 Å². The van der Waals surface area contributed by atoms with E-state index in [0.29, 0.717) is 43.4 Å². The van der Waals surface area contributed by atoms with Crippen molar-refractivity contribution in [1.29, 1.82) is 0 Å². The van der Waals surface area contributed by atoms with Gasteiger partial charge in [0.2, 0.25) is 0 Å². The monoisotopic (exact) mass is 445 g/mol. The van der Waals surface area contributed by atoms with Crippen molar-refractivity contribution in [2.75, 3.05) is 46.3 Å². The van der Waals surface area contributed by atoms with Crippen LogP contribution in [-0.2, 0) is 11.3 Å². The van der Waals surface area contributed by atoms with Crippen LogP contribution in [0.5, 0.6) is 11.5 Å². The fourth-order valence-corrected chi connectivity index (χ4v) is 4.17. The first-order valence-electron chi connectivity index (χ1n) is 11.0. The molecule has 1 atom stereocenters. The van der Waals surface area contributed by atoms with Gasteiger partial charge in [-0.2, -0.15) is 5.10 Å². The highest BCUT2D eigenvalue weighted by Gasteiger charge is 2.35. The lowest BCUT2D eigenvalue weighted by atomic mass is 9.97. The Labute approximate surface area is 187 Å². The van der Waals surface area contributed by atoms with Crippen molar-refractivity contribution in [1.82, 2.24) is 19.2 Å². The van der Waals surface area contributed by atoms with Crippen LogP contribution < -0.4 is 20.5 Å². The molecule has 2 aromatic rings. The summed E-state index contributed by atoms with van der Waals surface area (Å²) >= 11 is 0. The predicted molar refractivity (Wildman–Crippen MR) is 119 cm³/mol. The summed E-state index contributed by atoms with van der Waals surface area (Å²) in [6, 6.07) is 5.30. The number of piperidine rings is 1. The van der Waals surface area contributed by atoms with Crippen LogP contribution in [0.3, 0.4) is 0 Å². The number of ether oxygens (including phenoxy) is 3. The molecule has 0 radical (unpaired) electrons. The van der Waals surface area contributed by atoms with Crippen LogP contribution in [0.25, 0.3) is 0 Å². The van der Waals surface area contributed by atoms with E-state index in [2.05, 4.69) is 10.4 Å². The number of aromatic nitrogens is 3. The molecular formula is C22H31N5O5. The number of rotatable bonds is 8. The molecule has 1 saturated carbocycles. The summed E-state index contributed by atoms with van der Waals surface area (Å²) in [5.41, 5.74) is 0.525. The van der Waals surface area contributed by atoms with E-state index >= 15 is 0 Å². The number of hydrogen-bond donors (Lipinski definition) is 1. The highest BCUT2D eigenvalue weighted by atomic mass is 16.5. The molecular weight excluding hydrogens is 414 g/mol. The lowest BCUT2D eigenvalue weighted by molar-refractivity contribution is 0.181. The number of carbonyl (C=O) groups excluding carboxylic acids is 1. The number of methoxy groups -OCH3 is 3. The van der Waals surface area contributed by atoms with Crippen LogP contribution in [0.1, 0.15) is 43.5 Å². The van der Waals surface area contributed by atoms with Crippen LogP contribution in [0.4, 0.5) is 10.5 Å². The van der Waals surface area contributed by atoms with Gasteiger partial charge in [-0.1, -0.05) is 0 Å². The second kappa shape index (κ2) is 9.64. The second-order valence-corrected chi connectivity index (χ2v) is 8.27. The first-order chi connectivity index (χ1) is 15.5. The van der Waals surface area contributed by atoms with E-state index in [4.69, 9.17) is 14.2 Å². The highest BCUT2D eigenvalue weighted by Crippen LogP contribution is 2.37. The van der Waals surface area contributed by atoms with Crippen molar-refractivity contribution in [2.24, 2.45) is 0 Å². The molecule has 10 heteroatoms. The average Bonchev–Trinajstić information content (AvgIpc) is 3.60. The van der Waals surface area contributed by atoms with E-state index in [1.807, 2.05) is 4.57 Å². The molecule has 2 amide bonds. The summed E-state index contributed by atoms with van der Waals surface area (Å²) in [6.45, 7) is 2.03. The van der Waals surface area contributed by atoms with Crippen LogP contribution in [0.2, 0.25) is 0 Å². The molecule has 32 heavy (non-hydrogen) atoms. The Balaban J connectivity index is 1.50. The molecule has 0 bridgehead atoms. The quantitative estimate of drug-likeness (QED) is 0.670. The van der Waals surface area contributed by atoms with Gasteiger partial charge in [-0.3, -0.25) is 4.57 Å². The molecule has 1 aliphatic heterocycles. The van der Waals surface area contributed by atoms with Gasteiger partial charge in [-0.05, 0) is 25.7 Å². The maximum absolute atomic E-state index is 13.0. The summed E-state index contributed by atoms with van der Waals surface area (Å²) < 4.78 is 19.0. The Morgan fingerprint density at radius 3 is 2.47 bits per heavy atom. The third-order valence-electron chi connectivity index (χ3n) is 5.99. The molecule has 2 aliphatic rings. The topological polar surface area (TPSA) is 99.8 Å². The van der Waals surface area contributed by atoms with Gasteiger partial charge in [0.15, 0.2) is 0 Å². The van der Waals surface area contributed by atoms with Gasteiger partial charge >= 0.3 is 11.7 Å². The largest absolute Gasteiger partial charge is 0.497 e. The van der Waals surface area contributed by atoms with Crippen molar-refractivity contribution < 1.29 is 19.0 Å². The van der Waals surface area contributed by atoms with Crippen LogP contribution in [-0.4, -0.2) is 66.3 Å². The Morgan fingerprint density at radius 2 is 1.84 bits per heavy atom. The van der Waals surface area contributed by atoms with Crippen molar-refractivity contribution >= 4 is 11.7 Å². The van der Waals surface area contributed by atoms with Crippen molar-refractivity contribution in [3.63, 3.8) is 0 Å². The van der Waals surface area contributed by atoms with E-state index in [1.54, 1.807) is 44.4 Å². The number of likely N-dealkylation sites (tertiary alicyclic amines) is 1. The Bertz CT molecular complexity index is 990. The minimum Gasteiger partial charge on any atom is -0.497 e. The van der Waals surface area contributed by atoms with Gasteiger partial charge in [-0.25, -0.2) is 14.3 Å². The first-order valence-corrected chi connectivity index (χ1v) is 11.0. The fourth-order valence-electron chi connectivity index (χ4n) is 4.17. The number of hydrogen-bond acceptors (Lipinski definition) is 6. The van der Waals surface area contributed by atoms with E-state index in [1.165, 1.54) is 4.68 Å². The zero-order valence-electron chi connectivity index (χ0n) is 18.9. The van der Waals surface area contributed by atoms with Crippen LogP contribution in [0.15, 0.2) is 23.0 Å². The van der Waals surface area contributed by atoms with Crippen LogP contribution >= 0.6 is 0 Å². The number of benzene rings is 1. The fraction of sp³-hybridized carbons (Fsp3) is 0.591. The Hall–Kier alpha value is -3.01. The van der Waals surface area contributed by atoms with Gasteiger partial charge in [0.05, 0.1) is 27.4 Å². The van der Waals surface area contributed by atoms with Crippen LogP contribution in [0, 0.1) is 0 Å². The summed E-state index contributed by atoms with van der Waals surface area (Å²) in [5, 5.41) is 7.59. The summed E-state index contributed by atoms with van der Waals surface area (Å²) in [6.07, 6.45) is 3.74. The third-order valence-corrected chi connectivity index (χ3v) is 5.99. The zero-order valence-corrected chi connectivity index (χ0v) is 18.9. The molecule has 1 aromatic carbocycles. The maximum Gasteiger partial charge on any atom is 0.346 e. The molecule has 4 rings (SSSR count). The van der Waals surface area contributed by atoms with Gasteiger partial charge in [0.25, 0.3) is 0 Å². The number of nitrogens with zero attached hydrogens (tertiary/aromatic N) is 4. The predicted octanol–water partition coefficient (Wildman–Crippen LogP) is 2.45. The number of amides is 2. The molecule has 1 saturated heterocycles. The molecule has 10 nitrogen and oxygen atoms in total. The minimum atomic E-state index is -0.191. The number of nitrogens with one attached hydrogen (secondary N) is 1. The molecule has 2 fully saturated rings. The lowest BCUT2D eigenvalue weighted by Gasteiger charge is -2.32. The number of anilines is 1. The maximum atomic E-state index is 13.0. The molecule has 1 aromatic heterocycles. The van der Waals surface area contributed by atoms with Gasteiger partial charge in [0, 0.05) is 56.0 Å². The molecule has 1 unspecified atom stereocenters. The Kier molecular flexibility index (Phi) is 6.69. The van der Waals surface area contributed by atoms with E-state index in [0.717, 1.165) is 31.5 Å². The van der Waals surface area contributed by atoms with Gasteiger partial charge in [0.1, 0.15) is 17.3 Å². The standard InChI is InChI=1S/C22H31N5O5/c1-30-10-9-26-22(29)27(17-6-7-17)20(24-26)15-5-4-8-25(14-15)21(28)23-16-11-18(31-2)13-19(12-16)32-3/h11-13,15,17H,4-10,14H2,1-3H3,(H,23,28). The lowest BCUT2D eigenvalue weighted by Crippen LogP contribution is -2.42. The molecule has 2 heterocycles. The van der Waals surface area contributed by atoms with E-state index in [-0.39, 0.29) is 23.7 Å². The number of carbonyl (C=O) groups is 1. The zero-order chi connectivity index (χ0) is 22.7. The van der Waals surface area contributed by atoms with Gasteiger partial charge < -0.3 is 24.4 Å². The van der Waals surface area contributed by atoms with Crippen molar-refractivity contribution in [2.45, 2.75) is 44.2 Å². The summed E-state index contributed by atoms with van der Waals surface area (Å²) in [7, 11) is 4.75. The molecule has 174 valence electrons. The smallest absolute Gasteiger partial charge is 0.346 e. The first kappa shape index (κ1) is 22.2. The second-order valence-electron chi connectivity index (χ2n) is 8.27. The molecule has 1 N–H and O–H groups in total. The SMILES string of the molecule is COCCn1nc(C2CCCN(C(=O)Nc3cc(OC)cc(OC)c3)C2)n(C2CC2)c1=O. The highest BCUT2D eigenvalue weighted by molar-refractivity contribution is 5.90. The van der Waals surface area contributed by atoms with Crippen molar-refractivity contribution in [3.05, 3.63) is 34.5 Å². The Morgan fingerprint density at radius 1 is 1.12 bits per heavy atom. The molecule has 1 aliphatic carbocycles. The van der Waals surface area contributed by atoms with Crippen molar-refractivity contribution in [3.8, 4) is 11.5 Å². The summed E-state index contributed by atoms with van der Waals surface area (Å²) in [4.78, 5) is 27.7. The minimum absolute atomic E-state index is 0.0199. The average molecular weight is 446 g/mol. The third kappa shape index (κ3) is 4.74. The van der Waals surface area contributed by atoms with E-state index in [9.17, 15) is 9.59 Å². The summed E-state index contributed by atoms with van der Waals surface area (Å²) in [5.74, 6) is 2.01.